The summed E-state index contributed by atoms with van der Waals surface area (Å²) in [5.74, 6) is -0.317. The maximum Gasteiger partial charge on any atom is 0.340 e. The third-order valence-corrected chi connectivity index (χ3v) is 6.71. The normalized spacial score (nSPS) is 12.7. The number of hydrogen-bond acceptors (Lipinski definition) is 6. The molecule has 35 heavy (non-hydrogen) atoms. The largest absolute Gasteiger partial charge is 0.490 e. The molecule has 0 aliphatic carbocycles. The zero-order valence-corrected chi connectivity index (χ0v) is 21.0. The highest BCUT2D eigenvalue weighted by Crippen LogP contribution is 2.32. The molecule has 0 saturated carbocycles. The third kappa shape index (κ3) is 6.69. The molecule has 0 radical (unpaired) electrons. The maximum atomic E-state index is 12.6. The summed E-state index contributed by atoms with van der Waals surface area (Å²) in [6.07, 6.45) is -0.800. The minimum absolute atomic E-state index is 0.00563. The summed E-state index contributed by atoms with van der Waals surface area (Å²) in [5, 5.41) is 0. The van der Waals surface area contributed by atoms with Gasteiger partial charge in [-0.3, -0.25) is 4.55 Å². The van der Waals surface area contributed by atoms with Crippen LogP contribution in [0.3, 0.4) is 0 Å². The first kappa shape index (κ1) is 26.4. The van der Waals surface area contributed by atoms with Crippen molar-refractivity contribution in [1.29, 1.82) is 0 Å². The molecule has 0 heterocycles. The van der Waals surface area contributed by atoms with Crippen molar-refractivity contribution in [3.8, 4) is 5.75 Å². The lowest BCUT2D eigenvalue weighted by Crippen LogP contribution is -2.30. The summed E-state index contributed by atoms with van der Waals surface area (Å²) in [4.78, 5) is 12.1. The molecule has 7 nitrogen and oxygen atoms in total. The molecular formula is C27H30O7S. The van der Waals surface area contributed by atoms with Crippen LogP contribution in [0, 0.1) is 6.92 Å². The van der Waals surface area contributed by atoms with E-state index >= 15 is 0 Å². The van der Waals surface area contributed by atoms with Crippen LogP contribution in [0.5, 0.6) is 5.75 Å². The number of methoxy groups -OCH3 is 1. The molecule has 1 atom stereocenters. The van der Waals surface area contributed by atoms with E-state index in [1.165, 1.54) is 36.4 Å². The van der Waals surface area contributed by atoms with Crippen LogP contribution >= 0.6 is 0 Å². The van der Waals surface area contributed by atoms with Gasteiger partial charge in [-0.1, -0.05) is 67.9 Å². The molecule has 1 unspecified atom stereocenters. The second kappa shape index (κ2) is 11.0. The zero-order valence-electron chi connectivity index (χ0n) is 20.2. The fourth-order valence-electron chi connectivity index (χ4n) is 3.67. The van der Waals surface area contributed by atoms with Crippen molar-refractivity contribution in [3.63, 3.8) is 0 Å². The first-order valence-electron chi connectivity index (χ1n) is 11.1. The van der Waals surface area contributed by atoms with Gasteiger partial charge in [0.05, 0.1) is 12.2 Å². The van der Waals surface area contributed by atoms with Gasteiger partial charge in [-0.15, -0.1) is 0 Å². The van der Waals surface area contributed by atoms with Gasteiger partial charge in [0.1, 0.15) is 17.3 Å². The van der Waals surface area contributed by atoms with Crippen LogP contribution in [-0.2, 0) is 25.0 Å². The molecule has 0 saturated heterocycles. The lowest BCUT2D eigenvalue weighted by atomic mass is 9.78. The molecule has 0 spiro atoms. The van der Waals surface area contributed by atoms with E-state index in [4.69, 9.17) is 14.2 Å². The Morgan fingerprint density at radius 2 is 1.49 bits per heavy atom. The number of carbonyl (C=O) groups excluding carboxylic acids is 1. The molecule has 0 aliphatic rings. The van der Waals surface area contributed by atoms with Gasteiger partial charge in [0.2, 0.25) is 0 Å². The second-order valence-corrected chi connectivity index (χ2v) is 10.2. The van der Waals surface area contributed by atoms with Crippen LogP contribution in [-0.4, -0.2) is 45.4 Å². The Kier molecular flexibility index (Phi) is 8.32. The van der Waals surface area contributed by atoms with Gasteiger partial charge in [0.15, 0.2) is 6.10 Å². The van der Waals surface area contributed by atoms with Gasteiger partial charge >= 0.3 is 5.97 Å². The Labute approximate surface area is 206 Å². The van der Waals surface area contributed by atoms with E-state index in [1.807, 2.05) is 24.3 Å². The van der Waals surface area contributed by atoms with Crippen LogP contribution in [0.25, 0.3) is 0 Å². The first-order chi connectivity index (χ1) is 16.5. The van der Waals surface area contributed by atoms with E-state index in [9.17, 15) is 17.8 Å². The summed E-state index contributed by atoms with van der Waals surface area (Å²) < 4.78 is 48.9. The minimum Gasteiger partial charge on any atom is -0.490 e. The highest BCUT2D eigenvalue weighted by atomic mass is 32.2. The van der Waals surface area contributed by atoms with Gasteiger partial charge in [-0.25, -0.2) is 4.79 Å². The average molecular weight is 499 g/mol. The fraction of sp³-hybridized carbons (Fsp3) is 0.296. The van der Waals surface area contributed by atoms with Gasteiger partial charge in [-0.2, -0.15) is 8.42 Å². The molecular weight excluding hydrogens is 468 g/mol. The van der Waals surface area contributed by atoms with Crippen LogP contribution in [0.2, 0.25) is 0 Å². The number of esters is 1. The van der Waals surface area contributed by atoms with E-state index in [0.29, 0.717) is 5.75 Å². The van der Waals surface area contributed by atoms with E-state index in [2.05, 4.69) is 45.0 Å². The Hall–Kier alpha value is -3.20. The molecule has 186 valence electrons. The van der Waals surface area contributed by atoms with Crippen LogP contribution in [0.15, 0.2) is 77.7 Å². The maximum absolute atomic E-state index is 12.6. The van der Waals surface area contributed by atoms with Gasteiger partial charge < -0.3 is 14.2 Å². The Morgan fingerprint density at radius 1 is 0.914 bits per heavy atom. The van der Waals surface area contributed by atoms with Gasteiger partial charge in [0, 0.05) is 12.5 Å². The van der Waals surface area contributed by atoms with Crippen LogP contribution in [0.4, 0.5) is 0 Å². The molecule has 1 N–H and O–H groups in total. The summed E-state index contributed by atoms with van der Waals surface area (Å²) in [5.41, 5.74) is 3.07. The zero-order chi connectivity index (χ0) is 25.6. The smallest absolute Gasteiger partial charge is 0.340 e. The second-order valence-electron chi connectivity index (χ2n) is 8.78. The lowest BCUT2D eigenvalue weighted by Gasteiger charge is -2.26. The molecule has 3 rings (SSSR count). The van der Waals surface area contributed by atoms with Crippen molar-refractivity contribution < 1.29 is 32.0 Å². The molecule has 3 aromatic carbocycles. The summed E-state index contributed by atoms with van der Waals surface area (Å²) >= 11 is 0. The molecule has 0 aromatic heterocycles. The average Bonchev–Trinajstić information content (AvgIpc) is 2.82. The standard InChI is InChI=1S/C27H30O7S/c1-19-9-11-20(12-10-19)27(2,3)21-13-15-22(16-14-21)33-18-23(17-32-4)34-26(28)24-7-5-6-8-25(24)35(29,30)31/h5-16,23H,17-18H2,1-4H3,(H,29,30,31). The van der Waals surface area contributed by atoms with Gasteiger partial charge in [-0.05, 0) is 42.3 Å². The quantitative estimate of drug-likeness (QED) is 0.316. The van der Waals surface area contributed by atoms with Gasteiger partial charge in [0.25, 0.3) is 10.1 Å². The molecule has 8 heteroatoms. The number of benzene rings is 3. The molecule has 0 fully saturated rings. The Bertz CT molecular complexity index is 1250. The van der Waals surface area contributed by atoms with Crippen molar-refractivity contribution >= 4 is 16.1 Å². The third-order valence-electron chi connectivity index (χ3n) is 5.80. The fourth-order valence-corrected chi connectivity index (χ4v) is 4.35. The van der Waals surface area contributed by atoms with E-state index < -0.39 is 27.1 Å². The van der Waals surface area contributed by atoms with Crippen molar-refractivity contribution in [1.82, 2.24) is 0 Å². The van der Waals surface area contributed by atoms with E-state index in [-0.39, 0.29) is 24.2 Å². The summed E-state index contributed by atoms with van der Waals surface area (Å²) in [7, 11) is -3.13. The number of rotatable bonds is 10. The monoisotopic (exact) mass is 498 g/mol. The predicted molar refractivity (Wildman–Crippen MR) is 133 cm³/mol. The van der Waals surface area contributed by atoms with Crippen molar-refractivity contribution in [2.75, 3.05) is 20.3 Å². The van der Waals surface area contributed by atoms with Crippen molar-refractivity contribution in [2.24, 2.45) is 0 Å². The van der Waals surface area contributed by atoms with Crippen LogP contribution < -0.4 is 4.74 Å². The SMILES string of the molecule is COCC(COc1ccc(C(C)(C)c2ccc(C)cc2)cc1)OC(=O)c1ccccc1S(=O)(=O)O. The number of carbonyl (C=O) groups is 1. The molecule has 0 aliphatic heterocycles. The highest BCUT2D eigenvalue weighted by molar-refractivity contribution is 7.86. The highest BCUT2D eigenvalue weighted by Gasteiger charge is 2.25. The predicted octanol–water partition coefficient (Wildman–Crippen LogP) is 4.82. The summed E-state index contributed by atoms with van der Waals surface area (Å²) in [6.45, 7) is 6.41. The molecule has 3 aromatic rings. The number of hydrogen-bond donors (Lipinski definition) is 1. The van der Waals surface area contributed by atoms with E-state index in [1.54, 1.807) is 0 Å². The van der Waals surface area contributed by atoms with E-state index in [0.717, 1.165) is 11.6 Å². The van der Waals surface area contributed by atoms with Crippen LogP contribution in [0.1, 0.15) is 40.9 Å². The molecule has 0 amide bonds. The summed E-state index contributed by atoms with van der Waals surface area (Å²) in [6, 6.07) is 21.4. The Morgan fingerprint density at radius 3 is 2.06 bits per heavy atom. The lowest BCUT2D eigenvalue weighted by molar-refractivity contribution is -0.0103. The first-order valence-corrected chi connectivity index (χ1v) is 12.5. The molecule has 0 bridgehead atoms. The van der Waals surface area contributed by atoms with Crippen molar-refractivity contribution in [3.05, 3.63) is 95.1 Å². The van der Waals surface area contributed by atoms with Crippen molar-refractivity contribution in [2.45, 2.75) is 37.2 Å². The minimum atomic E-state index is -4.58. The Balaban J connectivity index is 1.68. The topological polar surface area (TPSA) is 99.1 Å². The number of ether oxygens (including phenoxy) is 3. The number of aryl methyl sites for hydroxylation is 1.